The van der Waals surface area contributed by atoms with Gasteiger partial charge in [0.2, 0.25) is 5.91 Å². The molecule has 3 atom stereocenters. The first kappa shape index (κ1) is 16.6. The topological polar surface area (TPSA) is 90.5 Å². The van der Waals surface area contributed by atoms with E-state index in [-0.39, 0.29) is 29.1 Å². The minimum atomic E-state index is -0.399. The number of imide groups is 1. The monoisotopic (exact) mass is 378 g/mol. The second kappa shape index (κ2) is 6.80. The van der Waals surface area contributed by atoms with Gasteiger partial charge in [0.05, 0.1) is 11.3 Å². The molecule has 0 bridgehead atoms. The molecule has 0 aromatic heterocycles. The van der Waals surface area contributed by atoms with Crippen LogP contribution >= 0.6 is 23.5 Å². The number of nitrogens with one attached hydrogen (secondary N) is 3. The number of rotatable bonds is 3. The summed E-state index contributed by atoms with van der Waals surface area (Å²) >= 11 is 3.03. The zero-order valence-corrected chi connectivity index (χ0v) is 15.0. The summed E-state index contributed by atoms with van der Waals surface area (Å²) in [6, 6.07) is 7.45. The van der Waals surface area contributed by atoms with Gasteiger partial charge in [-0.3, -0.25) is 14.5 Å². The molecular formula is C16H18N4O3S2. The van der Waals surface area contributed by atoms with E-state index in [0.717, 1.165) is 16.3 Å². The molecule has 0 spiro atoms. The predicted octanol–water partition coefficient (Wildman–Crippen LogP) is 1.28. The van der Waals surface area contributed by atoms with Crippen molar-refractivity contribution < 1.29 is 14.4 Å². The van der Waals surface area contributed by atoms with E-state index in [1.54, 1.807) is 11.8 Å². The molecule has 3 aliphatic rings. The van der Waals surface area contributed by atoms with E-state index in [1.807, 2.05) is 24.3 Å². The number of fused-ring (bicyclic) bond motifs is 1. The summed E-state index contributed by atoms with van der Waals surface area (Å²) in [5.74, 6) is 0.110. The van der Waals surface area contributed by atoms with Gasteiger partial charge < -0.3 is 16.0 Å². The first-order chi connectivity index (χ1) is 12.1. The second-order valence-electron chi connectivity index (χ2n) is 6.06. The number of para-hydroxylation sites is 1. The molecule has 0 aliphatic carbocycles. The summed E-state index contributed by atoms with van der Waals surface area (Å²) < 4.78 is 0. The molecule has 9 heteroatoms. The molecule has 4 rings (SSSR count). The standard InChI is InChI=1S/C16H18N4O3S2/c21-12(14-18-10-3-1-2-4-11(10)25-14)19-13-9(5-8-24-13)15(22)20-7-6-17-16(20)23/h1-4,9,13-14,18H,5-8H2,(H,17,23)(H,19,21). The van der Waals surface area contributed by atoms with Crippen LogP contribution in [0, 0.1) is 5.92 Å². The van der Waals surface area contributed by atoms with Crippen LogP contribution in [0.15, 0.2) is 29.2 Å². The molecule has 7 nitrogen and oxygen atoms in total. The average molecular weight is 378 g/mol. The third kappa shape index (κ3) is 3.18. The van der Waals surface area contributed by atoms with Crippen LogP contribution in [-0.2, 0) is 9.59 Å². The molecule has 3 aliphatic heterocycles. The van der Waals surface area contributed by atoms with Crippen molar-refractivity contribution in [2.75, 3.05) is 24.2 Å². The Morgan fingerprint density at radius 1 is 1.28 bits per heavy atom. The fourth-order valence-electron chi connectivity index (χ4n) is 3.19. The van der Waals surface area contributed by atoms with E-state index >= 15 is 0 Å². The minimum absolute atomic E-state index is 0.135. The number of carbonyl (C=O) groups is 3. The van der Waals surface area contributed by atoms with Crippen molar-refractivity contribution in [2.45, 2.75) is 22.1 Å². The molecule has 3 heterocycles. The summed E-state index contributed by atoms with van der Waals surface area (Å²) in [4.78, 5) is 39.3. The average Bonchev–Trinajstić information content (AvgIpc) is 3.32. The lowest BCUT2D eigenvalue weighted by Gasteiger charge is -2.24. The van der Waals surface area contributed by atoms with Crippen LogP contribution in [-0.4, -0.2) is 52.3 Å². The highest BCUT2D eigenvalue weighted by Crippen LogP contribution is 2.39. The maximum atomic E-state index is 12.6. The van der Waals surface area contributed by atoms with Gasteiger partial charge in [0, 0.05) is 23.7 Å². The number of carbonyl (C=O) groups excluding carboxylic acids is 3. The lowest BCUT2D eigenvalue weighted by molar-refractivity contribution is -0.132. The number of thioether (sulfide) groups is 2. The number of anilines is 1. The molecule has 2 fully saturated rings. The summed E-state index contributed by atoms with van der Waals surface area (Å²) in [5.41, 5.74) is 0.952. The Hall–Kier alpha value is -1.87. The first-order valence-electron chi connectivity index (χ1n) is 8.17. The molecule has 4 amide bonds. The maximum Gasteiger partial charge on any atom is 0.324 e. The predicted molar refractivity (Wildman–Crippen MR) is 97.3 cm³/mol. The van der Waals surface area contributed by atoms with E-state index in [2.05, 4.69) is 16.0 Å². The Morgan fingerprint density at radius 2 is 2.12 bits per heavy atom. The maximum absolute atomic E-state index is 12.6. The molecule has 0 saturated carbocycles. The summed E-state index contributed by atoms with van der Waals surface area (Å²) in [7, 11) is 0. The third-order valence-corrected chi connectivity index (χ3v) is 6.93. The van der Waals surface area contributed by atoms with Crippen molar-refractivity contribution in [2.24, 2.45) is 5.92 Å². The van der Waals surface area contributed by atoms with Crippen LogP contribution in [0.1, 0.15) is 6.42 Å². The van der Waals surface area contributed by atoms with Crippen molar-refractivity contribution in [3.63, 3.8) is 0 Å². The summed E-state index contributed by atoms with van der Waals surface area (Å²) in [6.45, 7) is 0.886. The van der Waals surface area contributed by atoms with Gasteiger partial charge >= 0.3 is 6.03 Å². The van der Waals surface area contributed by atoms with Gasteiger partial charge in [-0.1, -0.05) is 23.9 Å². The van der Waals surface area contributed by atoms with Crippen LogP contribution in [0.4, 0.5) is 10.5 Å². The van der Waals surface area contributed by atoms with Gasteiger partial charge in [-0.15, -0.1) is 11.8 Å². The van der Waals surface area contributed by atoms with Crippen LogP contribution in [0.2, 0.25) is 0 Å². The van der Waals surface area contributed by atoms with Gasteiger partial charge in [-0.25, -0.2) is 4.79 Å². The smallest absolute Gasteiger partial charge is 0.324 e. The normalized spacial score (nSPS) is 27.6. The fourth-order valence-corrected chi connectivity index (χ4v) is 5.54. The number of benzene rings is 1. The Bertz CT molecular complexity index is 704. The summed E-state index contributed by atoms with van der Waals surface area (Å²) in [5, 5.41) is 8.14. The minimum Gasteiger partial charge on any atom is -0.364 e. The van der Waals surface area contributed by atoms with E-state index in [9.17, 15) is 14.4 Å². The molecule has 25 heavy (non-hydrogen) atoms. The Balaban J connectivity index is 1.39. The molecule has 3 unspecified atom stereocenters. The lowest BCUT2D eigenvalue weighted by atomic mass is 10.1. The van der Waals surface area contributed by atoms with E-state index in [4.69, 9.17) is 0 Å². The highest BCUT2D eigenvalue weighted by atomic mass is 32.2. The van der Waals surface area contributed by atoms with Crippen molar-refractivity contribution in [3.8, 4) is 0 Å². The quantitative estimate of drug-likeness (QED) is 0.734. The van der Waals surface area contributed by atoms with Crippen LogP contribution in [0.25, 0.3) is 0 Å². The fraction of sp³-hybridized carbons (Fsp3) is 0.438. The molecular weight excluding hydrogens is 360 g/mol. The van der Waals surface area contributed by atoms with Crippen molar-refractivity contribution in [1.82, 2.24) is 15.5 Å². The van der Waals surface area contributed by atoms with Crippen LogP contribution in [0.5, 0.6) is 0 Å². The van der Waals surface area contributed by atoms with E-state index in [1.165, 1.54) is 16.7 Å². The number of hydrogen-bond acceptors (Lipinski definition) is 6. The Kier molecular flexibility index (Phi) is 4.51. The van der Waals surface area contributed by atoms with Gasteiger partial charge in [0.15, 0.2) is 5.37 Å². The number of hydrogen-bond donors (Lipinski definition) is 3. The van der Waals surface area contributed by atoms with Crippen LogP contribution in [0.3, 0.4) is 0 Å². The molecule has 1 aromatic rings. The van der Waals surface area contributed by atoms with Crippen molar-refractivity contribution in [3.05, 3.63) is 24.3 Å². The van der Waals surface area contributed by atoms with Gasteiger partial charge in [0.1, 0.15) is 0 Å². The molecule has 0 radical (unpaired) electrons. The number of urea groups is 1. The summed E-state index contributed by atoms with van der Waals surface area (Å²) in [6.07, 6.45) is 0.670. The van der Waals surface area contributed by atoms with E-state index in [0.29, 0.717) is 19.5 Å². The highest BCUT2D eigenvalue weighted by Gasteiger charge is 2.41. The third-order valence-electron chi connectivity index (χ3n) is 4.47. The van der Waals surface area contributed by atoms with Crippen molar-refractivity contribution in [1.29, 1.82) is 0 Å². The Morgan fingerprint density at radius 3 is 2.88 bits per heavy atom. The SMILES string of the molecule is O=C(NC1SCCC1C(=O)N1CCNC1=O)C1Nc2ccccc2S1. The first-order valence-corrected chi connectivity index (χ1v) is 10.1. The lowest BCUT2D eigenvalue weighted by Crippen LogP contribution is -2.48. The molecule has 1 aromatic carbocycles. The zero-order valence-electron chi connectivity index (χ0n) is 13.4. The molecule has 3 N–H and O–H groups in total. The largest absolute Gasteiger partial charge is 0.364 e. The van der Waals surface area contributed by atoms with Crippen LogP contribution < -0.4 is 16.0 Å². The van der Waals surface area contributed by atoms with Gasteiger partial charge in [0.25, 0.3) is 5.91 Å². The Labute approximate surface area is 153 Å². The van der Waals surface area contributed by atoms with Gasteiger partial charge in [-0.05, 0) is 24.3 Å². The zero-order chi connectivity index (χ0) is 17.4. The molecule has 132 valence electrons. The number of nitrogens with zero attached hydrogens (tertiary/aromatic N) is 1. The van der Waals surface area contributed by atoms with Crippen molar-refractivity contribution >= 4 is 47.1 Å². The van der Waals surface area contributed by atoms with Gasteiger partial charge in [-0.2, -0.15) is 0 Å². The molecule has 2 saturated heterocycles. The van der Waals surface area contributed by atoms with E-state index < -0.39 is 5.37 Å². The number of amides is 4. The second-order valence-corrected chi connectivity index (χ2v) is 8.45. The highest BCUT2D eigenvalue weighted by molar-refractivity contribution is 8.01.